The molecule has 0 unspecified atom stereocenters. The summed E-state index contributed by atoms with van der Waals surface area (Å²) in [5, 5.41) is 3.89. The molecule has 0 atom stereocenters. The van der Waals surface area contributed by atoms with E-state index < -0.39 is 0 Å². The zero-order chi connectivity index (χ0) is 14.9. The van der Waals surface area contributed by atoms with Crippen molar-refractivity contribution in [1.82, 2.24) is 10.2 Å². The van der Waals surface area contributed by atoms with Crippen molar-refractivity contribution in [3.63, 3.8) is 0 Å². The maximum Gasteiger partial charge on any atom is 0.126 e. The standard InChI is InChI=1S/C18H27FN2/c1-17(2)13-21(14-18(20-17)10-5-6-11-18)12-9-15-7-3-4-8-16(15)19/h3-4,7-8,20H,5-6,9-14H2,1-2H3. The fourth-order valence-corrected chi connectivity index (χ4v) is 4.31. The molecule has 3 rings (SSSR count). The van der Waals surface area contributed by atoms with Crippen LogP contribution in [-0.2, 0) is 6.42 Å². The first-order valence-corrected chi connectivity index (χ1v) is 8.23. The van der Waals surface area contributed by atoms with Gasteiger partial charge in [0.05, 0.1) is 0 Å². The van der Waals surface area contributed by atoms with Crippen molar-refractivity contribution >= 4 is 0 Å². The topological polar surface area (TPSA) is 15.3 Å². The molecule has 1 aliphatic heterocycles. The number of nitrogens with zero attached hydrogens (tertiary/aromatic N) is 1. The van der Waals surface area contributed by atoms with Gasteiger partial charge in [0.15, 0.2) is 0 Å². The molecule has 2 fully saturated rings. The molecule has 1 heterocycles. The van der Waals surface area contributed by atoms with Crippen LogP contribution >= 0.6 is 0 Å². The van der Waals surface area contributed by atoms with E-state index in [4.69, 9.17) is 0 Å². The van der Waals surface area contributed by atoms with Crippen LogP contribution in [0.4, 0.5) is 4.39 Å². The van der Waals surface area contributed by atoms with Gasteiger partial charge in [0.2, 0.25) is 0 Å². The van der Waals surface area contributed by atoms with Crippen molar-refractivity contribution in [2.75, 3.05) is 19.6 Å². The van der Waals surface area contributed by atoms with Crippen LogP contribution in [-0.4, -0.2) is 35.6 Å². The van der Waals surface area contributed by atoms with Crippen molar-refractivity contribution in [3.05, 3.63) is 35.6 Å². The van der Waals surface area contributed by atoms with E-state index in [1.807, 2.05) is 12.1 Å². The quantitative estimate of drug-likeness (QED) is 0.918. The highest BCUT2D eigenvalue weighted by molar-refractivity contribution is 5.17. The predicted molar refractivity (Wildman–Crippen MR) is 85.0 cm³/mol. The molecular weight excluding hydrogens is 263 g/mol. The second-order valence-electron chi connectivity index (χ2n) is 7.55. The molecule has 0 radical (unpaired) electrons. The number of hydrogen-bond donors (Lipinski definition) is 1. The largest absolute Gasteiger partial charge is 0.304 e. The Balaban J connectivity index is 1.66. The summed E-state index contributed by atoms with van der Waals surface area (Å²) in [6.07, 6.45) is 6.05. The van der Waals surface area contributed by atoms with Gasteiger partial charge in [0.1, 0.15) is 5.82 Å². The van der Waals surface area contributed by atoms with Crippen molar-refractivity contribution < 1.29 is 4.39 Å². The highest BCUT2D eigenvalue weighted by Crippen LogP contribution is 2.35. The molecule has 0 amide bonds. The van der Waals surface area contributed by atoms with E-state index in [1.54, 1.807) is 12.1 Å². The molecule has 3 heteroatoms. The van der Waals surface area contributed by atoms with Gasteiger partial charge in [-0.05, 0) is 44.7 Å². The monoisotopic (exact) mass is 290 g/mol. The molecule has 21 heavy (non-hydrogen) atoms. The Kier molecular flexibility index (Phi) is 4.06. The van der Waals surface area contributed by atoms with Crippen molar-refractivity contribution in [2.24, 2.45) is 0 Å². The maximum absolute atomic E-state index is 13.8. The minimum atomic E-state index is -0.0672. The van der Waals surface area contributed by atoms with Crippen molar-refractivity contribution in [1.29, 1.82) is 0 Å². The number of hydrogen-bond acceptors (Lipinski definition) is 2. The molecule has 1 aromatic carbocycles. The van der Waals surface area contributed by atoms with Crippen LogP contribution in [0.15, 0.2) is 24.3 Å². The third-order valence-electron chi connectivity index (χ3n) is 4.96. The van der Waals surface area contributed by atoms with Crippen LogP contribution < -0.4 is 5.32 Å². The van der Waals surface area contributed by atoms with Crippen molar-refractivity contribution in [3.8, 4) is 0 Å². The summed E-state index contributed by atoms with van der Waals surface area (Å²) >= 11 is 0. The Labute approximate surface area is 127 Å². The highest BCUT2D eigenvalue weighted by atomic mass is 19.1. The second kappa shape index (κ2) is 5.69. The molecule has 1 aromatic rings. The van der Waals surface area contributed by atoms with Gasteiger partial charge in [-0.3, -0.25) is 4.90 Å². The van der Waals surface area contributed by atoms with Crippen LogP contribution in [0.2, 0.25) is 0 Å². The molecule has 116 valence electrons. The van der Waals surface area contributed by atoms with E-state index in [0.717, 1.165) is 31.6 Å². The summed E-state index contributed by atoms with van der Waals surface area (Å²) in [6.45, 7) is 7.70. The molecule has 0 aromatic heterocycles. The predicted octanol–water partition coefficient (Wildman–Crippen LogP) is 3.36. The zero-order valence-corrected chi connectivity index (χ0v) is 13.3. The van der Waals surface area contributed by atoms with Crippen LogP contribution in [0, 0.1) is 5.82 Å². The Morgan fingerprint density at radius 3 is 2.57 bits per heavy atom. The first-order chi connectivity index (χ1) is 9.98. The summed E-state index contributed by atoms with van der Waals surface area (Å²) in [7, 11) is 0. The fourth-order valence-electron chi connectivity index (χ4n) is 4.31. The minimum Gasteiger partial charge on any atom is -0.304 e. The lowest BCUT2D eigenvalue weighted by Crippen LogP contribution is -2.68. The average molecular weight is 290 g/mol. The molecule has 2 nitrogen and oxygen atoms in total. The van der Waals surface area contributed by atoms with Crippen molar-refractivity contribution in [2.45, 2.75) is 57.0 Å². The van der Waals surface area contributed by atoms with Gasteiger partial charge in [-0.25, -0.2) is 4.39 Å². The fraction of sp³-hybridized carbons (Fsp3) is 0.667. The van der Waals surface area contributed by atoms with Crippen LogP contribution in [0.5, 0.6) is 0 Å². The Hall–Kier alpha value is -0.930. The first-order valence-electron chi connectivity index (χ1n) is 8.23. The lowest BCUT2D eigenvalue weighted by Gasteiger charge is -2.50. The number of nitrogens with one attached hydrogen (secondary N) is 1. The van der Waals surface area contributed by atoms with Gasteiger partial charge >= 0.3 is 0 Å². The van der Waals surface area contributed by atoms with E-state index in [-0.39, 0.29) is 11.4 Å². The number of piperazine rings is 1. The summed E-state index contributed by atoms with van der Waals surface area (Å²) in [6, 6.07) is 7.17. The second-order valence-corrected chi connectivity index (χ2v) is 7.55. The van der Waals surface area contributed by atoms with E-state index in [0.29, 0.717) is 5.54 Å². The van der Waals surface area contributed by atoms with Crippen LogP contribution in [0.25, 0.3) is 0 Å². The molecule has 1 N–H and O–H groups in total. The van der Waals surface area contributed by atoms with Gasteiger partial charge in [-0.1, -0.05) is 31.0 Å². The molecule has 1 aliphatic carbocycles. The minimum absolute atomic E-state index is 0.0672. The molecule has 1 saturated heterocycles. The van der Waals surface area contributed by atoms with Gasteiger partial charge in [0.25, 0.3) is 0 Å². The van der Waals surface area contributed by atoms with Gasteiger partial charge < -0.3 is 5.32 Å². The van der Waals surface area contributed by atoms with E-state index in [1.165, 1.54) is 25.7 Å². The number of benzene rings is 1. The lowest BCUT2D eigenvalue weighted by atomic mass is 9.87. The third kappa shape index (κ3) is 3.46. The lowest BCUT2D eigenvalue weighted by molar-refractivity contribution is 0.0630. The van der Waals surface area contributed by atoms with E-state index >= 15 is 0 Å². The zero-order valence-electron chi connectivity index (χ0n) is 13.3. The normalized spacial score (nSPS) is 24.5. The summed E-state index contributed by atoms with van der Waals surface area (Å²) in [5.41, 5.74) is 1.30. The summed E-state index contributed by atoms with van der Waals surface area (Å²) in [4.78, 5) is 2.54. The molecule has 0 bridgehead atoms. The summed E-state index contributed by atoms with van der Waals surface area (Å²) in [5.74, 6) is -0.0672. The van der Waals surface area contributed by atoms with Gasteiger partial charge in [-0.15, -0.1) is 0 Å². The first kappa shape index (κ1) is 15.0. The molecular formula is C18H27FN2. The Morgan fingerprint density at radius 1 is 1.14 bits per heavy atom. The van der Waals surface area contributed by atoms with Crippen LogP contribution in [0.3, 0.4) is 0 Å². The Bertz CT molecular complexity index is 492. The Morgan fingerprint density at radius 2 is 1.86 bits per heavy atom. The molecule has 1 saturated carbocycles. The number of rotatable bonds is 3. The van der Waals surface area contributed by atoms with E-state index in [2.05, 4.69) is 24.1 Å². The molecule has 1 spiro atoms. The maximum atomic E-state index is 13.8. The third-order valence-corrected chi connectivity index (χ3v) is 4.96. The smallest absolute Gasteiger partial charge is 0.126 e. The molecule has 2 aliphatic rings. The average Bonchev–Trinajstić information content (AvgIpc) is 2.83. The van der Waals surface area contributed by atoms with Gasteiger partial charge in [0, 0.05) is 30.7 Å². The van der Waals surface area contributed by atoms with E-state index in [9.17, 15) is 4.39 Å². The SMILES string of the molecule is CC1(C)CN(CCc2ccccc2F)CC2(CCCC2)N1. The number of halogens is 1. The van der Waals surface area contributed by atoms with Crippen LogP contribution in [0.1, 0.15) is 45.1 Å². The summed E-state index contributed by atoms with van der Waals surface area (Å²) < 4.78 is 13.8. The van der Waals surface area contributed by atoms with Gasteiger partial charge in [-0.2, -0.15) is 0 Å². The highest BCUT2D eigenvalue weighted by Gasteiger charge is 2.43.